The third kappa shape index (κ3) is 2.87. The Morgan fingerprint density at radius 1 is 1.32 bits per heavy atom. The van der Waals surface area contributed by atoms with Gasteiger partial charge in [-0.05, 0) is 25.1 Å². The zero-order valence-corrected chi connectivity index (χ0v) is 14.0. The lowest BCUT2D eigenvalue weighted by atomic mass is 9.90. The van der Waals surface area contributed by atoms with E-state index in [1.54, 1.807) is 0 Å². The Bertz CT molecular complexity index is 618. The van der Waals surface area contributed by atoms with E-state index in [0.29, 0.717) is 5.02 Å². The molecular formula is C15H18BrClN2. The van der Waals surface area contributed by atoms with Crippen molar-refractivity contribution in [1.82, 2.24) is 4.98 Å². The van der Waals surface area contributed by atoms with Gasteiger partial charge in [-0.1, -0.05) is 48.3 Å². The molecule has 0 aliphatic rings. The normalized spacial score (nSPS) is 11.9. The highest BCUT2D eigenvalue weighted by atomic mass is 79.9. The van der Waals surface area contributed by atoms with E-state index in [2.05, 4.69) is 55.0 Å². The fraction of sp³-hybridized carbons (Fsp3) is 0.400. The van der Waals surface area contributed by atoms with E-state index in [0.717, 1.165) is 33.3 Å². The molecule has 0 unspecified atom stereocenters. The molecule has 102 valence electrons. The van der Waals surface area contributed by atoms with Crippen LogP contribution in [-0.4, -0.2) is 11.5 Å². The molecule has 2 rings (SSSR count). The Morgan fingerprint density at radius 3 is 2.58 bits per heavy atom. The lowest BCUT2D eigenvalue weighted by Crippen LogP contribution is -2.14. The number of benzene rings is 1. The quantitative estimate of drug-likeness (QED) is 0.793. The Balaban J connectivity index is 2.83. The molecule has 19 heavy (non-hydrogen) atoms. The summed E-state index contributed by atoms with van der Waals surface area (Å²) in [5.74, 6) is 0. The summed E-state index contributed by atoms with van der Waals surface area (Å²) in [5, 5.41) is 5.13. The zero-order valence-electron chi connectivity index (χ0n) is 11.6. The number of hydrogen-bond donors (Lipinski definition) is 1. The van der Waals surface area contributed by atoms with Crippen molar-refractivity contribution in [3.63, 3.8) is 0 Å². The Hall–Kier alpha value is -0.800. The summed E-state index contributed by atoms with van der Waals surface area (Å²) in [7, 11) is 0. The van der Waals surface area contributed by atoms with E-state index in [9.17, 15) is 0 Å². The van der Waals surface area contributed by atoms with E-state index in [1.807, 2.05) is 12.1 Å². The van der Waals surface area contributed by atoms with Gasteiger partial charge in [0.05, 0.1) is 10.5 Å². The maximum Gasteiger partial charge on any atom is 0.0923 e. The van der Waals surface area contributed by atoms with Crippen LogP contribution in [-0.2, 0) is 5.41 Å². The number of rotatable bonds is 2. The van der Waals surface area contributed by atoms with Gasteiger partial charge >= 0.3 is 0 Å². The standard InChI is InChI=1S/C15H18BrClN2/c1-5-18-11-8-12(15(2,3)4)19-14-10(17)7-6-9(16)13(11)14/h6-8H,5H2,1-4H3,(H,18,19). The van der Waals surface area contributed by atoms with E-state index in [-0.39, 0.29) is 5.41 Å². The molecule has 0 aliphatic carbocycles. The van der Waals surface area contributed by atoms with Gasteiger partial charge < -0.3 is 5.32 Å². The molecule has 0 radical (unpaired) electrons. The molecule has 2 nitrogen and oxygen atoms in total. The van der Waals surface area contributed by atoms with Crippen LogP contribution in [0.5, 0.6) is 0 Å². The van der Waals surface area contributed by atoms with Crippen LogP contribution in [0, 0.1) is 0 Å². The number of aromatic nitrogens is 1. The maximum atomic E-state index is 6.31. The Labute approximate surface area is 127 Å². The molecule has 2 aromatic rings. The molecule has 0 saturated heterocycles. The molecule has 1 N–H and O–H groups in total. The molecule has 1 heterocycles. The maximum absolute atomic E-state index is 6.31. The van der Waals surface area contributed by atoms with Gasteiger partial charge in [-0.2, -0.15) is 0 Å². The first-order valence-electron chi connectivity index (χ1n) is 6.37. The van der Waals surface area contributed by atoms with Gasteiger partial charge in [0, 0.05) is 33.2 Å². The summed E-state index contributed by atoms with van der Waals surface area (Å²) in [4.78, 5) is 4.75. The predicted octanol–water partition coefficient (Wildman–Crippen LogP) is 5.38. The first-order valence-corrected chi connectivity index (χ1v) is 7.54. The molecule has 0 aliphatic heterocycles. The van der Waals surface area contributed by atoms with Crippen molar-refractivity contribution < 1.29 is 0 Å². The van der Waals surface area contributed by atoms with Crippen molar-refractivity contribution in [1.29, 1.82) is 0 Å². The largest absolute Gasteiger partial charge is 0.385 e. The topological polar surface area (TPSA) is 24.9 Å². The molecule has 0 bridgehead atoms. The second-order valence-corrected chi connectivity index (χ2v) is 6.85. The molecule has 0 atom stereocenters. The van der Waals surface area contributed by atoms with Crippen LogP contribution >= 0.6 is 27.5 Å². The Kier molecular flexibility index (Phi) is 4.07. The van der Waals surface area contributed by atoms with Crippen LogP contribution in [0.15, 0.2) is 22.7 Å². The van der Waals surface area contributed by atoms with Gasteiger partial charge in [-0.25, -0.2) is 0 Å². The average Bonchev–Trinajstić information content (AvgIpc) is 2.33. The van der Waals surface area contributed by atoms with E-state index >= 15 is 0 Å². The van der Waals surface area contributed by atoms with Crippen LogP contribution < -0.4 is 5.32 Å². The number of anilines is 1. The number of nitrogens with zero attached hydrogens (tertiary/aromatic N) is 1. The van der Waals surface area contributed by atoms with Gasteiger partial charge in [0.2, 0.25) is 0 Å². The zero-order chi connectivity index (χ0) is 14.2. The highest BCUT2D eigenvalue weighted by Gasteiger charge is 2.19. The molecule has 0 fully saturated rings. The first-order chi connectivity index (χ1) is 8.84. The van der Waals surface area contributed by atoms with Crippen molar-refractivity contribution in [2.45, 2.75) is 33.1 Å². The number of fused-ring (bicyclic) bond motifs is 1. The van der Waals surface area contributed by atoms with E-state index in [4.69, 9.17) is 16.6 Å². The van der Waals surface area contributed by atoms with Gasteiger partial charge in [0.15, 0.2) is 0 Å². The number of hydrogen-bond acceptors (Lipinski definition) is 2. The Morgan fingerprint density at radius 2 is 2.00 bits per heavy atom. The lowest BCUT2D eigenvalue weighted by molar-refractivity contribution is 0.572. The van der Waals surface area contributed by atoms with E-state index < -0.39 is 0 Å². The molecule has 0 spiro atoms. The highest BCUT2D eigenvalue weighted by Crippen LogP contribution is 2.36. The van der Waals surface area contributed by atoms with Crippen LogP contribution in [0.3, 0.4) is 0 Å². The van der Waals surface area contributed by atoms with Crippen molar-refractivity contribution in [2.75, 3.05) is 11.9 Å². The fourth-order valence-electron chi connectivity index (χ4n) is 1.98. The number of halogens is 2. The number of pyridine rings is 1. The second-order valence-electron chi connectivity index (χ2n) is 5.59. The van der Waals surface area contributed by atoms with Gasteiger partial charge in [-0.3, -0.25) is 4.98 Å². The minimum atomic E-state index is -0.00991. The van der Waals surface area contributed by atoms with Crippen LogP contribution in [0.4, 0.5) is 5.69 Å². The molecule has 1 aromatic heterocycles. The predicted molar refractivity (Wildman–Crippen MR) is 87.3 cm³/mol. The van der Waals surface area contributed by atoms with Gasteiger partial charge in [0.25, 0.3) is 0 Å². The second kappa shape index (κ2) is 5.29. The molecule has 0 amide bonds. The fourth-order valence-corrected chi connectivity index (χ4v) is 2.72. The summed E-state index contributed by atoms with van der Waals surface area (Å²) >= 11 is 9.90. The molecule has 0 saturated carbocycles. The van der Waals surface area contributed by atoms with Crippen molar-refractivity contribution in [2.24, 2.45) is 0 Å². The SMILES string of the molecule is CCNc1cc(C(C)(C)C)nc2c(Cl)ccc(Br)c12. The van der Waals surface area contributed by atoms with Crippen LogP contribution in [0.25, 0.3) is 10.9 Å². The molecular weight excluding hydrogens is 324 g/mol. The number of nitrogens with one attached hydrogen (secondary N) is 1. The monoisotopic (exact) mass is 340 g/mol. The van der Waals surface area contributed by atoms with E-state index in [1.165, 1.54) is 0 Å². The van der Waals surface area contributed by atoms with Crippen LogP contribution in [0.1, 0.15) is 33.4 Å². The van der Waals surface area contributed by atoms with Crippen molar-refractivity contribution in [3.05, 3.63) is 33.4 Å². The van der Waals surface area contributed by atoms with Crippen LogP contribution in [0.2, 0.25) is 5.02 Å². The first kappa shape index (κ1) is 14.6. The summed E-state index contributed by atoms with van der Waals surface area (Å²) in [6.45, 7) is 9.41. The third-order valence-electron chi connectivity index (χ3n) is 3.00. The summed E-state index contributed by atoms with van der Waals surface area (Å²) < 4.78 is 1.01. The minimum absolute atomic E-state index is 0.00991. The van der Waals surface area contributed by atoms with Crippen molar-refractivity contribution >= 4 is 44.1 Å². The van der Waals surface area contributed by atoms with Gasteiger partial charge in [0.1, 0.15) is 0 Å². The summed E-state index contributed by atoms with van der Waals surface area (Å²) in [5.41, 5.74) is 2.95. The molecule has 1 aromatic carbocycles. The van der Waals surface area contributed by atoms with Gasteiger partial charge in [-0.15, -0.1) is 0 Å². The minimum Gasteiger partial charge on any atom is -0.385 e. The highest BCUT2D eigenvalue weighted by molar-refractivity contribution is 9.10. The lowest BCUT2D eigenvalue weighted by Gasteiger charge is -2.21. The molecule has 4 heteroatoms. The smallest absolute Gasteiger partial charge is 0.0923 e. The third-order valence-corrected chi connectivity index (χ3v) is 3.96. The summed E-state index contributed by atoms with van der Waals surface area (Å²) in [6.07, 6.45) is 0. The summed E-state index contributed by atoms with van der Waals surface area (Å²) in [6, 6.07) is 5.96. The van der Waals surface area contributed by atoms with Crippen molar-refractivity contribution in [3.8, 4) is 0 Å². The average molecular weight is 342 g/mol.